The number of nitriles is 1. The van der Waals surface area contributed by atoms with E-state index in [-0.39, 0.29) is 5.56 Å². The number of alkyl halides is 4. The molecule has 0 atom stereocenters. The first-order chi connectivity index (χ1) is 8.36. The molecule has 0 radical (unpaired) electrons. The minimum absolute atomic E-state index is 0.337. The number of carbonyl (C=O) groups excluding carboxylic acids is 1. The predicted molar refractivity (Wildman–Crippen MR) is 52.8 cm³/mol. The SMILES string of the molecule is CC(=O)c1cc(C#N)c(C(F)F)cc1OC(F)F. The Morgan fingerprint density at radius 2 is 1.94 bits per heavy atom. The molecule has 0 amide bonds. The third-order valence-electron chi connectivity index (χ3n) is 2.10. The first-order valence-corrected chi connectivity index (χ1v) is 4.68. The summed E-state index contributed by atoms with van der Waals surface area (Å²) in [5.74, 6) is -1.32. The molecule has 0 saturated heterocycles. The maximum absolute atomic E-state index is 12.6. The molecule has 0 aliphatic heterocycles. The molecule has 0 aromatic heterocycles. The van der Waals surface area contributed by atoms with Crippen LogP contribution < -0.4 is 4.74 Å². The summed E-state index contributed by atoms with van der Waals surface area (Å²) in [6.07, 6.45) is -3.03. The van der Waals surface area contributed by atoms with Crippen LogP contribution in [0, 0.1) is 11.3 Å². The molecule has 3 nitrogen and oxygen atoms in total. The number of rotatable bonds is 4. The Balaban J connectivity index is 3.43. The van der Waals surface area contributed by atoms with Crippen molar-refractivity contribution in [1.82, 2.24) is 0 Å². The highest BCUT2D eigenvalue weighted by atomic mass is 19.3. The lowest BCUT2D eigenvalue weighted by Crippen LogP contribution is -2.08. The van der Waals surface area contributed by atoms with Crippen molar-refractivity contribution in [1.29, 1.82) is 5.26 Å². The maximum atomic E-state index is 12.6. The Morgan fingerprint density at radius 3 is 2.33 bits per heavy atom. The Labute approximate surface area is 99.6 Å². The number of nitrogens with zero attached hydrogens (tertiary/aromatic N) is 1. The van der Waals surface area contributed by atoms with Gasteiger partial charge in [0.1, 0.15) is 5.75 Å². The van der Waals surface area contributed by atoms with Crippen LogP contribution in [0.15, 0.2) is 12.1 Å². The van der Waals surface area contributed by atoms with E-state index in [9.17, 15) is 22.4 Å². The van der Waals surface area contributed by atoms with E-state index in [2.05, 4.69) is 4.74 Å². The lowest BCUT2D eigenvalue weighted by atomic mass is 10.0. The molecule has 0 heterocycles. The van der Waals surface area contributed by atoms with Crippen LogP contribution in [0.5, 0.6) is 5.75 Å². The van der Waals surface area contributed by atoms with Crippen LogP contribution in [0.25, 0.3) is 0 Å². The number of carbonyl (C=O) groups is 1. The van der Waals surface area contributed by atoms with Crippen molar-refractivity contribution in [2.24, 2.45) is 0 Å². The Hall–Kier alpha value is -2.10. The van der Waals surface area contributed by atoms with Gasteiger partial charge in [0.05, 0.1) is 17.2 Å². The van der Waals surface area contributed by atoms with E-state index in [0.29, 0.717) is 6.07 Å². The van der Waals surface area contributed by atoms with Crippen molar-refractivity contribution in [2.45, 2.75) is 20.0 Å². The van der Waals surface area contributed by atoms with E-state index in [4.69, 9.17) is 5.26 Å². The lowest BCUT2D eigenvalue weighted by molar-refractivity contribution is -0.0503. The predicted octanol–water partition coefficient (Wildman–Crippen LogP) is 3.30. The van der Waals surface area contributed by atoms with E-state index in [1.54, 1.807) is 0 Å². The second-order valence-electron chi connectivity index (χ2n) is 3.28. The Morgan fingerprint density at radius 1 is 1.33 bits per heavy atom. The van der Waals surface area contributed by atoms with Crippen molar-refractivity contribution in [3.8, 4) is 11.8 Å². The van der Waals surface area contributed by atoms with Crippen molar-refractivity contribution in [2.75, 3.05) is 0 Å². The fraction of sp³-hybridized carbons (Fsp3) is 0.273. The van der Waals surface area contributed by atoms with Gasteiger partial charge in [0.2, 0.25) is 0 Å². The number of benzene rings is 1. The van der Waals surface area contributed by atoms with Gasteiger partial charge >= 0.3 is 6.61 Å². The summed E-state index contributed by atoms with van der Waals surface area (Å²) in [5.41, 5.74) is -1.54. The second-order valence-corrected chi connectivity index (χ2v) is 3.28. The smallest absolute Gasteiger partial charge is 0.387 e. The molecule has 0 unspecified atom stereocenters. The van der Waals surface area contributed by atoms with Crippen molar-refractivity contribution in [3.63, 3.8) is 0 Å². The number of halogens is 4. The molecule has 0 N–H and O–H groups in total. The zero-order valence-corrected chi connectivity index (χ0v) is 9.08. The quantitative estimate of drug-likeness (QED) is 0.617. The van der Waals surface area contributed by atoms with E-state index in [0.717, 1.165) is 13.0 Å². The van der Waals surface area contributed by atoms with Gasteiger partial charge in [0.25, 0.3) is 6.43 Å². The standard InChI is InChI=1S/C11H7F4NO2/c1-5(17)7-2-6(4-16)8(10(12)13)3-9(7)18-11(14)15/h2-3,10-11H,1H3. The molecule has 1 rings (SSSR count). The zero-order chi connectivity index (χ0) is 13.9. The van der Waals surface area contributed by atoms with Crippen LogP contribution in [-0.2, 0) is 0 Å². The van der Waals surface area contributed by atoms with Crippen LogP contribution in [0.3, 0.4) is 0 Å². The topological polar surface area (TPSA) is 50.1 Å². The molecule has 18 heavy (non-hydrogen) atoms. The van der Waals surface area contributed by atoms with Gasteiger partial charge in [-0.3, -0.25) is 4.79 Å². The number of hydrogen-bond donors (Lipinski definition) is 0. The number of ketones is 1. The van der Waals surface area contributed by atoms with Gasteiger partial charge in [-0.1, -0.05) is 0 Å². The van der Waals surface area contributed by atoms with Crippen molar-refractivity contribution >= 4 is 5.78 Å². The average Bonchev–Trinajstić information content (AvgIpc) is 2.27. The molecule has 0 spiro atoms. The van der Waals surface area contributed by atoms with Gasteiger partial charge in [-0.05, 0) is 19.1 Å². The first kappa shape index (κ1) is 14.0. The zero-order valence-electron chi connectivity index (χ0n) is 9.08. The number of ether oxygens (including phenoxy) is 1. The molecule has 0 aliphatic rings. The molecule has 1 aromatic rings. The average molecular weight is 261 g/mol. The molecule has 1 aromatic carbocycles. The fourth-order valence-corrected chi connectivity index (χ4v) is 1.34. The number of Topliss-reactive ketones (excluding diaryl/α,β-unsaturated/α-hetero) is 1. The first-order valence-electron chi connectivity index (χ1n) is 4.68. The van der Waals surface area contributed by atoms with E-state index >= 15 is 0 Å². The van der Waals surface area contributed by atoms with E-state index in [1.165, 1.54) is 6.07 Å². The van der Waals surface area contributed by atoms with Gasteiger partial charge in [-0.2, -0.15) is 14.0 Å². The summed E-state index contributed by atoms with van der Waals surface area (Å²) in [4.78, 5) is 11.2. The Kier molecular flexibility index (Phi) is 4.26. The van der Waals surface area contributed by atoms with Gasteiger partial charge in [0, 0.05) is 5.56 Å². The number of hydrogen-bond acceptors (Lipinski definition) is 3. The highest BCUT2D eigenvalue weighted by Gasteiger charge is 2.21. The summed E-state index contributed by atoms with van der Waals surface area (Å²) in [7, 11) is 0. The van der Waals surface area contributed by atoms with E-state index in [1.807, 2.05) is 0 Å². The lowest BCUT2D eigenvalue weighted by Gasteiger charge is -2.12. The molecular formula is C11H7F4NO2. The molecule has 7 heteroatoms. The third kappa shape index (κ3) is 2.97. The molecule has 0 fully saturated rings. The summed E-state index contributed by atoms with van der Waals surface area (Å²) in [6, 6.07) is 2.89. The normalized spacial score (nSPS) is 10.6. The van der Waals surface area contributed by atoms with Crippen LogP contribution in [-0.4, -0.2) is 12.4 Å². The highest BCUT2D eigenvalue weighted by Crippen LogP contribution is 2.31. The highest BCUT2D eigenvalue weighted by molar-refractivity contribution is 5.97. The van der Waals surface area contributed by atoms with Gasteiger partial charge in [0.15, 0.2) is 5.78 Å². The maximum Gasteiger partial charge on any atom is 0.387 e. The minimum atomic E-state index is -3.25. The molecule has 0 bridgehead atoms. The van der Waals surface area contributed by atoms with Gasteiger partial charge in [-0.15, -0.1) is 0 Å². The summed E-state index contributed by atoms with van der Waals surface area (Å²) in [5, 5.41) is 8.66. The van der Waals surface area contributed by atoms with E-state index < -0.39 is 35.7 Å². The Bertz CT molecular complexity index is 509. The van der Waals surface area contributed by atoms with Crippen LogP contribution in [0.4, 0.5) is 17.6 Å². The van der Waals surface area contributed by atoms with Gasteiger partial charge < -0.3 is 4.74 Å². The summed E-state index contributed by atoms with van der Waals surface area (Å²) in [6.45, 7) is -2.20. The molecular weight excluding hydrogens is 254 g/mol. The fourth-order valence-electron chi connectivity index (χ4n) is 1.34. The summed E-state index contributed by atoms with van der Waals surface area (Å²) >= 11 is 0. The minimum Gasteiger partial charge on any atom is -0.434 e. The van der Waals surface area contributed by atoms with Crippen LogP contribution in [0.2, 0.25) is 0 Å². The monoisotopic (exact) mass is 261 g/mol. The molecule has 0 saturated carbocycles. The van der Waals surface area contributed by atoms with Crippen LogP contribution in [0.1, 0.15) is 34.8 Å². The van der Waals surface area contributed by atoms with Crippen molar-refractivity contribution < 1.29 is 27.1 Å². The third-order valence-corrected chi connectivity index (χ3v) is 2.10. The van der Waals surface area contributed by atoms with Crippen LogP contribution >= 0.6 is 0 Å². The molecule has 0 aliphatic carbocycles. The molecule has 96 valence electrons. The largest absolute Gasteiger partial charge is 0.434 e. The van der Waals surface area contributed by atoms with Crippen molar-refractivity contribution in [3.05, 3.63) is 28.8 Å². The van der Waals surface area contributed by atoms with Gasteiger partial charge in [-0.25, -0.2) is 8.78 Å². The second kappa shape index (κ2) is 5.49. The summed E-state index contributed by atoms with van der Waals surface area (Å²) < 4.78 is 53.4.